The summed E-state index contributed by atoms with van der Waals surface area (Å²) < 4.78 is 0. The molecule has 0 bridgehead atoms. The van der Waals surface area contributed by atoms with E-state index in [9.17, 15) is 9.59 Å². The summed E-state index contributed by atoms with van der Waals surface area (Å²) in [4.78, 5) is 26.7. The smallest absolute Gasteiger partial charge is 0.261 e. The number of carbonyl (C=O) groups excluding carboxylic acids is 2. The molecule has 5 heteroatoms. The molecule has 0 aliphatic carbocycles. The van der Waals surface area contributed by atoms with Crippen molar-refractivity contribution in [1.82, 2.24) is 5.32 Å². The van der Waals surface area contributed by atoms with Gasteiger partial charge in [-0.15, -0.1) is 11.3 Å². The maximum Gasteiger partial charge on any atom is 0.261 e. The van der Waals surface area contributed by atoms with E-state index in [1.54, 1.807) is 18.0 Å². The number of nitrogens with zero attached hydrogens (tertiary/aromatic N) is 1. The molecule has 2 amide bonds. The fraction of sp³-hybridized carbons (Fsp3) is 0.294. The lowest BCUT2D eigenvalue weighted by molar-refractivity contribution is -0.121. The van der Waals surface area contributed by atoms with E-state index in [1.165, 1.54) is 11.3 Å². The van der Waals surface area contributed by atoms with Crippen LogP contribution >= 0.6 is 11.3 Å². The maximum atomic E-state index is 12.3. The van der Waals surface area contributed by atoms with Crippen LogP contribution in [0.3, 0.4) is 0 Å². The molecule has 0 saturated carbocycles. The molecule has 1 aliphatic heterocycles. The lowest BCUT2D eigenvalue weighted by Gasteiger charge is -2.16. The Morgan fingerprint density at radius 3 is 2.77 bits per heavy atom. The molecule has 0 atom stereocenters. The van der Waals surface area contributed by atoms with Gasteiger partial charge < -0.3 is 10.2 Å². The van der Waals surface area contributed by atoms with Crippen LogP contribution in [0, 0.1) is 0 Å². The Bertz CT molecular complexity index is 735. The van der Waals surface area contributed by atoms with Crippen LogP contribution in [0.15, 0.2) is 35.7 Å². The summed E-state index contributed by atoms with van der Waals surface area (Å²) in [6.45, 7) is 4.33. The Hall–Kier alpha value is -2.14. The van der Waals surface area contributed by atoms with Crippen molar-refractivity contribution in [2.24, 2.45) is 0 Å². The van der Waals surface area contributed by atoms with Gasteiger partial charge in [0.25, 0.3) is 5.91 Å². The highest BCUT2D eigenvalue weighted by molar-refractivity contribution is 7.12. The molecule has 0 fully saturated rings. The SMILES string of the molecule is CN1C(=O)C(C)(C)c2cc(CNC(=O)c3cccs3)ccc21. The topological polar surface area (TPSA) is 49.4 Å². The second-order valence-corrected chi connectivity index (χ2v) is 6.95. The minimum atomic E-state index is -0.516. The third kappa shape index (κ3) is 2.31. The van der Waals surface area contributed by atoms with Crippen LogP contribution in [0.5, 0.6) is 0 Å². The largest absolute Gasteiger partial charge is 0.347 e. The Morgan fingerprint density at radius 1 is 1.32 bits per heavy atom. The van der Waals surface area contributed by atoms with Gasteiger partial charge in [-0.25, -0.2) is 0 Å². The second kappa shape index (κ2) is 5.25. The molecular formula is C17H18N2O2S. The Kier molecular flexibility index (Phi) is 3.53. The van der Waals surface area contributed by atoms with Crippen LogP contribution < -0.4 is 10.2 Å². The van der Waals surface area contributed by atoms with E-state index in [4.69, 9.17) is 0 Å². The summed E-state index contributed by atoms with van der Waals surface area (Å²) in [6.07, 6.45) is 0. The summed E-state index contributed by atoms with van der Waals surface area (Å²) in [7, 11) is 1.80. The van der Waals surface area contributed by atoms with Crippen LogP contribution in [0.4, 0.5) is 5.69 Å². The van der Waals surface area contributed by atoms with Crippen LogP contribution in [-0.2, 0) is 16.8 Å². The number of nitrogens with one attached hydrogen (secondary N) is 1. The minimum absolute atomic E-state index is 0.0667. The third-order valence-electron chi connectivity index (χ3n) is 4.13. The zero-order valence-corrected chi connectivity index (χ0v) is 13.7. The predicted molar refractivity (Wildman–Crippen MR) is 88.4 cm³/mol. The molecule has 2 heterocycles. The molecule has 2 aromatic rings. The fourth-order valence-electron chi connectivity index (χ4n) is 2.81. The highest BCUT2D eigenvalue weighted by atomic mass is 32.1. The third-order valence-corrected chi connectivity index (χ3v) is 5.00. The zero-order valence-electron chi connectivity index (χ0n) is 12.8. The first-order valence-electron chi connectivity index (χ1n) is 7.14. The maximum absolute atomic E-state index is 12.3. The number of benzene rings is 1. The van der Waals surface area contributed by atoms with Crippen LogP contribution in [-0.4, -0.2) is 18.9 Å². The number of amides is 2. The van der Waals surface area contributed by atoms with E-state index in [0.717, 1.165) is 16.8 Å². The number of rotatable bonds is 3. The number of carbonyl (C=O) groups is 2. The van der Waals surface area contributed by atoms with Crippen LogP contribution in [0.25, 0.3) is 0 Å². The average molecular weight is 314 g/mol. The Labute approximate surface area is 133 Å². The lowest BCUT2D eigenvalue weighted by Crippen LogP contribution is -2.33. The van der Waals surface area contributed by atoms with Gasteiger partial charge in [0.15, 0.2) is 0 Å². The molecular weight excluding hydrogens is 296 g/mol. The molecule has 0 radical (unpaired) electrons. The zero-order chi connectivity index (χ0) is 15.9. The van der Waals surface area contributed by atoms with Gasteiger partial charge in [0, 0.05) is 19.3 Å². The number of thiophene rings is 1. The minimum Gasteiger partial charge on any atom is -0.347 e. The van der Waals surface area contributed by atoms with E-state index < -0.39 is 5.41 Å². The summed E-state index contributed by atoms with van der Waals surface area (Å²) in [5.41, 5.74) is 2.45. The summed E-state index contributed by atoms with van der Waals surface area (Å²) in [6, 6.07) is 9.59. The van der Waals surface area contributed by atoms with Gasteiger partial charge in [0.05, 0.1) is 10.3 Å². The standard InChI is InChI=1S/C17H18N2O2S/c1-17(2)12-9-11(6-7-13(12)19(3)16(17)21)10-18-15(20)14-5-4-8-22-14/h4-9H,10H2,1-3H3,(H,18,20). The van der Waals surface area contributed by atoms with Crippen LogP contribution in [0.1, 0.15) is 34.6 Å². The number of anilines is 1. The van der Waals surface area contributed by atoms with Gasteiger partial charge in [-0.05, 0) is 42.5 Å². The van der Waals surface area contributed by atoms with Gasteiger partial charge in [-0.2, -0.15) is 0 Å². The van der Waals surface area contributed by atoms with Gasteiger partial charge >= 0.3 is 0 Å². The van der Waals surface area contributed by atoms with Gasteiger partial charge in [0.1, 0.15) is 0 Å². The van der Waals surface area contributed by atoms with Crippen molar-refractivity contribution in [3.8, 4) is 0 Å². The van der Waals surface area contributed by atoms with Crippen molar-refractivity contribution in [3.63, 3.8) is 0 Å². The van der Waals surface area contributed by atoms with Crippen molar-refractivity contribution < 1.29 is 9.59 Å². The number of hydrogen-bond donors (Lipinski definition) is 1. The van der Waals surface area contributed by atoms with Gasteiger partial charge in [-0.3, -0.25) is 9.59 Å². The first-order chi connectivity index (χ1) is 10.4. The molecule has 0 unspecified atom stereocenters. The molecule has 1 aromatic carbocycles. The summed E-state index contributed by atoms with van der Waals surface area (Å²) >= 11 is 1.42. The van der Waals surface area contributed by atoms with Crippen molar-refractivity contribution >= 4 is 28.8 Å². The molecule has 0 spiro atoms. The number of hydrogen-bond acceptors (Lipinski definition) is 3. The fourth-order valence-corrected chi connectivity index (χ4v) is 3.45. The van der Waals surface area contributed by atoms with Gasteiger partial charge in [-0.1, -0.05) is 18.2 Å². The summed E-state index contributed by atoms with van der Waals surface area (Å²) in [5.74, 6) is 0.0326. The quantitative estimate of drug-likeness (QED) is 0.947. The monoisotopic (exact) mass is 314 g/mol. The molecule has 1 N–H and O–H groups in total. The molecule has 1 aliphatic rings. The van der Waals surface area contributed by atoms with Gasteiger partial charge in [0.2, 0.25) is 5.91 Å². The van der Waals surface area contributed by atoms with E-state index in [0.29, 0.717) is 11.4 Å². The van der Waals surface area contributed by atoms with E-state index >= 15 is 0 Å². The van der Waals surface area contributed by atoms with E-state index in [2.05, 4.69) is 5.32 Å². The van der Waals surface area contributed by atoms with Crippen molar-refractivity contribution in [2.75, 3.05) is 11.9 Å². The van der Waals surface area contributed by atoms with Crippen molar-refractivity contribution in [3.05, 3.63) is 51.7 Å². The molecule has 0 saturated heterocycles. The molecule has 114 valence electrons. The summed E-state index contributed by atoms with van der Waals surface area (Å²) in [5, 5.41) is 4.80. The normalized spacial score (nSPS) is 15.8. The highest BCUT2D eigenvalue weighted by Crippen LogP contribution is 2.40. The van der Waals surface area contributed by atoms with Crippen LogP contribution in [0.2, 0.25) is 0 Å². The lowest BCUT2D eigenvalue weighted by atomic mass is 9.85. The number of fused-ring (bicyclic) bond motifs is 1. The first kappa shape index (κ1) is 14.8. The predicted octanol–water partition coefficient (Wildman–Crippen LogP) is 2.93. The van der Waals surface area contributed by atoms with Crippen molar-refractivity contribution in [2.45, 2.75) is 25.8 Å². The second-order valence-electron chi connectivity index (χ2n) is 6.00. The van der Waals surface area contributed by atoms with E-state index in [1.807, 2.05) is 43.5 Å². The Balaban J connectivity index is 1.79. The first-order valence-corrected chi connectivity index (χ1v) is 8.02. The molecule has 3 rings (SSSR count). The Morgan fingerprint density at radius 2 is 2.09 bits per heavy atom. The number of likely N-dealkylation sites (N-methyl/N-ethyl adjacent to an activating group) is 1. The average Bonchev–Trinajstić information content (AvgIpc) is 3.09. The molecule has 1 aromatic heterocycles. The van der Waals surface area contributed by atoms with Crippen molar-refractivity contribution in [1.29, 1.82) is 0 Å². The molecule has 22 heavy (non-hydrogen) atoms. The van der Waals surface area contributed by atoms with E-state index in [-0.39, 0.29) is 11.8 Å². The molecule has 4 nitrogen and oxygen atoms in total. The highest BCUT2D eigenvalue weighted by Gasteiger charge is 2.42.